The molecule has 0 saturated carbocycles. The van der Waals surface area contributed by atoms with Gasteiger partial charge in [-0.15, -0.1) is 0 Å². The highest BCUT2D eigenvalue weighted by molar-refractivity contribution is 6.29. The lowest BCUT2D eigenvalue weighted by atomic mass is 10.1. The smallest absolute Gasteiger partial charge is 0.267 e. The van der Waals surface area contributed by atoms with Gasteiger partial charge < -0.3 is 0 Å². The molecule has 0 radical (unpaired) electrons. The minimum absolute atomic E-state index is 0.0771. The second-order valence-electron chi connectivity index (χ2n) is 4.13. The largest absolute Gasteiger partial charge is 0.294 e. The van der Waals surface area contributed by atoms with Crippen LogP contribution in [0.1, 0.15) is 29.3 Å². The maximum Gasteiger partial charge on any atom is 0.267 e. The molecule has 0 aliphatic rings. The number of halogens is 1. The standard InChI is InChI=1S/C14H13ClN2O2/c1-2-12(18)11-5-3-4-10(8-11)9-17-14(19)7-6-13(15)16-17/h3-8H,2,9H2,1H3. The van der Waals surface area contributed by atoms with Crippen LogP contribution in [-0.2, 0) is 6.54 Å². The molecule has 1 aromatic carbocycles. The summed E-state index contributed by atoms with van der Waals surface area (Å²) in [6.07, 6.45) is 0.457. The van der Waals surface area contributed by atoms with Crippen LogP contribution in [0.3, 0.4) is 0 Å². The summed E-state index contributed by atoms with van der Waals surface area (Å²) in [7, 11) is 0. The zero-order chi connectivity index (χ0) is 13.8. The SMILES string of the molecule is CCC(=O)c1cccc(Cn2nc(Cl)ccc2=O)c1. The highest BCUT2D eigenvalue weighted by atomic mass is 35.5. The molecule has 0 N–H and O–H groups in total. The first-order valence-electron chi connectivity index (χ1n) is 5.96. The molecular weight excluding hydrogens is 264 g/mol. The molecule has 0 amide bonds. The van der Waals surface area contributed by atoms with Crippen molar-refractivity contribution in [2.75, 3.05) is 0 Å². The highest BCUT2D eigenvalue weighted by Crippen LogP contribution is 2.09. The Bertz CT molecular complexity index is 664. The average Bonchev–Trinajstić information content (AvgIpc) is 2.42. The molecule has 2 aromatic rings. The molecule has 0 atom stereocenters. The van der Waals surface area contributed by atoms with Crippen LogP contribution < -0.4 is 5.56 Å². The van der Waals surface area contributed by atoms with E-state index < -0.39 is 0 Å². The van der Waals surface area contributed by atoms with Crippen molar-refractivity contribution in [3.8, 4) is 0 Å². The van der Waals surface area contributed by atoms with Gasteiger partial charge in [0.05, 0.1) is 6.54 Å². The summed E-state index contributed by atoms with van der Waals surface area (Å²) in [6, 6.07) is 10.0. The molecule has 0 fully saturated rings. The Kier molecular flexibility index (Phi) is 4.12. The Hall–Kier alpha value is -1.94. The van der Waals surface area contributed by atoms with Gasteiger partial charge in [-0.2, -0.15) is 5.10 Å². The van der Waals surface area contributed by atoms with Crippen LogP contribution in [0.4, 0.5) is 0 Å². The van der Waals surface area contributed by atoms with Crippen molar-refractivity contribution in [3.05, 3.63) is 63.0 Å². The van der Waals surface area contributed by atoms with Crippen LogP contribution in [0.2, 0.25) is 5.15 Å². The summed E-state index contributed by atoms with van der Waals surface area (Å²) in [4.78, 5) is 23.3. The molecule has 1 aromatic heterocycles. The van der Waals surface area contributed by atoms with E-state index in [4.69, 9.17) is 11.6 Å². The lowest BCUT2D eigenvalue weighted by Gasteiger charge is -2.06. The second-order valence-corrected chi connectivity index (χ2v) is 4.52. The number of hydrogen-bond acceptors (Lipinski definition) is 3. The van der Waals surface area contributed by atoms with Gasteiger partial charge in [-0.1, -0.05) is 36.7 Å². The zero-order valence-corrected chi connectivity index (χ0v) is 11.2. The molecule has 0 aliphatic heterocycles. The molecule has 0 unspecified atom stereocenters. The number of carbonyl (C=O) groups excluding carboxylic acids is 1. The topological polar surface area (TPSA) is 52.0 Å². The quantitative estimate of drug-likeness (QED) is 0.807. The number of aromatic nitrogens is 2. The Labute approximate surface area is 115 Å². The first-order valence-corrected chi connectivity index (χ1v) is 6.33. The van der Waals surface area contributed by atoms with Crippen LogP contribution in [0.15, 0.2) is 41.2 Å². The Morgan fingerprint density at radius 2 is 2.11 bits per heavy atom. The minimum Gasteiger partial charge on any atom is -0.294 e. The van der Waals surface area contributed by atoms with Crippen molar-refractivity contribution in [3.63, 3.8) is 0 Å². The van der Waals surface area contributed by atoms with E-state index in [2.05, 4.69) is 5.10 Å². The third kappa shape index (κ3) is 3.29. The number of hydrogen-bond donors (Lipinski definition) is 0. The van der Waals surface area contributed by atoms with Gasteiger partial charge in [-0.3, -0.25) is 9.59 Å². The first kappa shape index (κ1) is 13.5. The maximum atomic E-state index is 11.6. The van der Waals surface area contributed by atoms with E-state index in [-0.39, 0.29) is 16.5 Å². The van der Waals surface area contributed by atoms with Crippen LogP contribution in [0, 0.1) is 0 Å². The third-order valence-corrected chi connectivity index (χ3v) is 2.94. The molecule has 0 bridgehead atoms. The molecule has 1 heterocycles. The molecular formula is C14H13ClN2O2. The van der Waals surface area contributed by atoms with Gasteiger partial charge in [-0.05, 0) is 17.7 Å². The second kappa shape index (κ2) is 5.80. The Morgan fingerprint density at radius 1 is 1.32 bits per heavy atom. The van der Waals surface area contributed by atoms with E-state index >= 15 is 0 Å². The van der Waals surface area contributed by atoms with Crippen LogP contribution in [0.5, 0.6) is 0 Å². The molecule has 0 spiro atoms. The van der Waals surface area contributed by atoms with Crippen LogP contribution in [-0.4, -0.2) is 15.6 Å². The average molecular weight is 277 g/mol. The van der Waals surface area contributed by atoms with Gasteiger partial charge >= 0.3 is 0 Å². The van der Waals surface area contributed by atoms with Crippen LogP contribution >= 0.6 is 11.6 Å². The van der Waals surface area contributed by atoms with E-state index in [0.29, 0.717) is 18.5 Å². The molecule has 2 rings (SSSR count). The van der Waals surface area contributed by atoms with Crippen molar-refractivity contribution in [1.82, 2.24) is 9.78 Å². The lowest BCUT2D eigenvalue weighted by molar-refractivity contribution is 0.0988. The van der Waals surface area contributed by atoms with E-state index in [9.17, 15) is 9.59 Å². The number of nitrogens with zero attached hydrogens (tertiary/aromatic N) is 2. The number of ketones is 1. The van der Waals surface area contributed by atoms with E-state index in [1.165, 1.54) is 16.8 Å². The van der Waals surface area contributed by atoms with E-state index in [0.717, 1.165) is 5.56 Å². The van der Waals surface area contributed by atoms with Gasteiger partial charge in [0.1, 0.15) is 5.15 Å². The lowest BCUT2D eigenvalue weighted by Crippen LogP contribution is -2.22. The first-order chi connectivity index (χ1) is 9.10. The summed E-state index contributed by atoms with van der Waals surface area (Å²) in [5.74, 6) is 0.0771. The van der Waals surface area contributed by atoms with Crippen molar-refractivity contribution >= 4 is 17.4 Å². The molecule has 5 heteroatoms. The number of carbonyl (C=O) groups is 1. The summed E-state index contributed by atoms with van der Waals surface area (Å²) in [6.45, 7) is 2.11. The summed E-state index contributed by atoms with van der Waals surface area (Å²) >= 11 is 5.76. The fourth-order valence-corrected chi connectivity index (χ4v) is 1.91. The third-order valence-electron chi connectivity index (χ3n) is 2.74. The molecule has 19 heavy (non-hydrogen) atoms. The minimum atomic E-state index is -0.225. The molecule has 98 valence electrons. The van der Waals surface area contributed by atoms with Crippen molar-refractivity contribution in [1.29, 1.82) is 0 Å². The number of Topliss-reactive ketones (excluding diaryl/α,β-unsaturated/α-hetero) is 1. The number of benzene rings is 1. The van der Waals surface area contributed by atoms with Crippen molar-refractivity contribution in [2.24, 2.45) is 0 Å². The predicted octanol–water partition coefficient (Wildman–Crippen LogP) is 2.54. The highest BCUT2D eigenvalue weighted by Gasteiger charge is 2.05. The van der Waals surface area contributed by atoms with Gasteiger partial charge in [0.25, 0.3) is 5.56 Å². The fourth-order valence-electron chi connectivity index (χ4n) is 1.76. The Balaban J connectivity index is 2.31. The Morgan fingerprint density at radius 3 is 2.84 bits per heavy atom. The normalized spacial score (nSPS) is 10.4. The van der Waals surface area contributed by atoms with Gasteiger partial charge in [-0.25, -0.2) is 4.68 Å². The molecule has 0 saturated heterocycles. The summed E-state index contributed by atoms with van der Waals surface area (Å²) in [5, 5.41) is 4.21. The van der Waals surface area contributed by atoms with E-state index in [1.807, 2.05) is 13.0 Å². The monoisotopic (exact) mass is 276 g/mol. The number of rotatable bonds is 4. The fraction of sp³-hybridized carbons (Fsp3) is 0.214. The summed E-state index contributed by atoms with van der Waals surface area (Å²) in [5.41, 5.74) is 1.27. The van der Waals surface area contributed by atoms with Crippen molar-refractivity contribution < 1.29 is 4.79 Å². The molecule has 4 nitrogen and oxygen atoms in total. The van der Waals surface area contributed by atoms with Crippen molar-refractivity contribution in [2.45, 2.75) is 19.9 Å². The van der Waals surface area contributed by atoms with E-state index in [1.54, 1.807) is 18.2 Å². The maximum absolute atomic E-state index is 11.6. The molecule has 0 aliphatic carbocycles. The predicted molar refractivity (Wildman–Crippen MR) is 73.7 cm³/mol. The van der Waals surface area contributed by atoms with Gasteiger partial charge in [0.15, 0.2) is 5.78 Å². The van der Waals surface area contributed by atoms with Gasteiger partial charge in [0.2, 0.25) is 0 Å². The van der Waals surface area contributed by atoms with Crippen LogP contribution in [0.25, 0.3) is 0 Å². The summed E-state index contributed by atoms with van der Waals surface area (Å²) < 4.78 is 1.28. The van der Waals surface area contributed by atoms with Gasteiger partial charge in [0, 0.05) is 18.1 Å². The zero-order valence-electron chi connectivity index (χ0n) is 10.5.